The fourth-order valence-electron chi connectivity index (χ4n) is 2.75. The summed E-state index contributed by atoms with van der Waals surface area (Å²) < 4.78 is 44.5. The lowest BCUT2D eigenvalue weighted by molar-refractivity contribution is -0.138. The molecular weight excluding hydrogens is 329 g/mol. The molecule has 120 valence electrons. The van der Waals surface area contributed by atoms with E-state index in [0.717, 1.165) is 5.56 Å². The van der Waals surface area contributed by atoms with E-state index in [1.165, 1.54) is 0 Å². The highest BCUT2D eigenvalue weighted by molar-refractivity contribution is 6.30. The molecule has 2 nitrogen and oxygen atoms in total. The molecule has 0 spiro atoms. The Morgan fingerprint density at radius 2 is 1.83 bits per heavy atom. The van der Waals surface area contributed by atoms with Crippen molar-refractivity contribution in [2.45, 2.75) is 25.4 Å². The molecule has 3 rings (SSSR count). The van der Waals surface area contributed by atoms with E-state index in [9.17, 15) is 18.0 Å². The fourth-order valence-corrected chi connectivity index (χ4v) is 2.87. The molecule has 0 atom stereocenters. The highest BCUT2D eigenvalue weighted by Crippen LogP contribution is 2.39. The van der Waals surface area contributed by atoms with Gasteiger partial charge in [-0.05, 0) is 48.6 Å². The lowest BCUT2D eigenvalue weighted by atomic mass is 9.88. The van der Waals surface area contributed by atoms with E-state index in [-0.39, 0.29) is 17.7 Å². The second-order valence-corrected chi connectivity index (χ2v) is 5.80. The van der Waals surface area contributed by atoms with Crippen LogP contribution < -0.4 is 5.63 Å². The topological polar surface area (TPSA) is 30.2 Å². The number of rotatable bonds is 1. The molecule has 0 bridgehead atoms. The van der Waals surface area contributed by atoms with Crippen LogP contribution in [0.5, 0.6) is 0 Å². The van der Waals surface area contributed by atoms with Crippen LogP contribution in [0.3, 0.4) is 0 Å². The molecule has 23 heavy (non-hydrogen) atoms. The summed E-state index contributed by atoms with van der Waals surface area (Å²) in [5, 5.41) is 0.571. The van der Waals surface area contributed by atoms with E-state index in [1.807, 2.05) is 0 Å². The van der Waals surface area contributed by atoms with Gasteiger partial charge in [-0.3, -0.25) is 0 Å². The lowest BCUT2D eigenvalue weighted by Crippen LogP contribution is -2.18. The van der Waals surface area contributed by atoms with Gasteiger partial charge in [-0.2, -0.15) is 13.2 Å². The Morgan fingerprint density at radius 3 is 2.48 bits per heavy atom. The highest BCUT2D eigenvalue weighted by Gasteiger charge is 2.37. The number of allylic oxidation sites excluding steroid dienone is 1. The van der Waals surface area contributed by atoms with E-state index in [4.69, 9.17) is 16.0 Å². The van der Waals surface area contributed by atoms with E-state index in [1.54, 1.807) is 30.3 Å². The van der Waals surface area contributed by atoms with Crippen LogP contribution in [0.4, 0.5) is 13.2 Å². The first-order valence-corrected chi connectivity index (χ1v) is 7.43. The van der Waals surface area contributed by atoms with Gasteiger partial charge in [0.05, 0.1) is 5.56 Å². The second-order valence-electron chi connectivity index (χ2n) is 5.36. The molecule has 0 fully saturated rings. The maximum absolute atomic E-state index is 13.1. The molecule has 2 aromatic rings. The van der Waals surface area contributed by atoms with Crippen molar-refractivity contribution in [3.63, 3.8) is 0 Å². The summed E-state index contributed by atoms with van der Waals surface area (Å²) in [6.07, 6.45) is -1.46. The fraction of sp³-hybridized carbons (Fsp3) is 0.235. The minimum Gasteiger partial charge on any atom is -0.423 e. The van der Waals surface area contributed by atoms with E-state index < -0.39 is 17.4 Å². The van der Waals surface area contributed by atoms with Crippen molar-refractivity contribution in [2.24, 2.45) is 0 Å². The van der Waals surface area contributed by atoms with Gasteiger partial charge < -0.3 is 4.42 Å². The van der Waals surface area contributed by atoms with Gasteiger partial charge in [-0.25, -0.2) is 4.79 Å². The first-order chi connectivity index (χ1) is 10.8. The highest BCUT2D eigenvalue weighted by atomic mass is 35.5. The van der Waals surface area contributed by atoms with Crippen LogP contribution >= 0.6 is 11.6 Å². The largest absolute Gasteiger partial charge is 0.423 e. The van der Waals surface area contributed by atoms with Crippen molar-refractivity contribution < 1.29 is 17.6 Å². The Kier molecular flexibility index (Phi) is 4.06. The summed E-state index contributed by atoms with van der Waals surface area (Å²) in [5.74, 6) is 0.0472. The maximum Gasteiger partial charge on any atom is 0.417 e. The Morgan fingerprint density at radius 1 is 1.13 bits per heavy atom. The summed E-state index contributed by atoms with van der Waals surface area (Å²) in [5.41, 5.74) is -0.442. The Labute approximate surface area is 135 Å². The predicted molar refractivity (Wildman–Crippen MR) is 82.2 cm³/mol. The minimum atomic E-state index is -4.57. The number of halogens is 4. The van der Waals surface area contributed by atoms with Gasteiger partial charge in [0.25, 0.3) is 0 Å². The molecule has 1 aromatic heterocycles. The van der Waals surface area contributed by atoms with Gasteiger partial charge >= 0.3 is 11.8 Å². The van der Waals surface area contributed by atoms with Crippen molar-refractivity contribution in [3.05, 3.63) is 68.2 Å². The quantitative estimate of drug-likeness (QED) is 0.715. The Bertz CT molecular complexity index is 817. The standard InChI is InChI=1S/C17H12ClF3O2/c18-12-6-4-10(5-7-12)8-11-2-1-3-13-14(17(19,20)21)9-15(22)23-16(11)13/h4-9H,1-3H2/b11-8+. The van der Waals surface area contributed by atoms with Gasteiger partial charge in [0.2, 0.25) is 0 Å². The Hall–Kier alpha value is -2.01. The monoisotopic (exact) mass is 340 g/mol. The lowest BCUT2D eigenvalue weighted by Gasteiger charge is -2.21. The summed E-state index contributed by atoms with van der Waals surface area (Å²) in [4.78, 5) is 11.5. The van der Waals surface area contributed by atoms with Crippen LogP contribution in [0.1, 0.15) is 35.3 Å². The normalized spacial score (nSPS) is 16.4. The molecule has 0 saturated heterocycles. The third-order valence-electron chi connectivity index (χ3n) is 3.74. The average Bonchev–Trinajstić information content (AvgIpc) is 2.48. The molecule has 0 amide bonds. The number of fused-ring (bicyclic) bond motifs is 1. The van der Waals surface area contributed by atoms with Crippen molar-refractivity contribution >= 4 is 23.3 Å². The second kappa shape index (κ2) is 5.89. The van der Waals surface area contributed by atoms with Crippen LogP contribution in [0.25, 0.3) is 11.6 Å². The summed E-state index contributed by atoms with van der Waals surface area (Å²) in [7, 11) is 0. The molecule has 1 aliphatic carbocycles. The molecule has 1 aromatic carbocycles. The average molecular weight is 341 g/mol. The number of hydrogen-bond donors (Lipinski definition) is 0. The number of benzene rings is 1. The molecule has 0 aliphatic heterocycles. The first-order valence-electron chi connectivity index (χ1n) is 7.05. The van der Waals surface area contributed by atoms with Crippen LogP contribution in [0.2, 0.25) is 5.02 Å². The zero-order chi connectivity index (χ0) is 16.6. The van der Waals surface area contributed by atoms with Gasteiger partial charge in [-0.15, -0.1) is 0 Å². The van der Waals surface area contributed by atoms with Crippen LogP contribution in [0, 0.1) is 0 Å². The summed E-state index contributed by atoms with van der Waals surface area (Å²) in [6.45, 7) is 0. The van der Waals surface area contributed by atoms with Gasteiger partial charge in [-0.1, -0.05) is 23.7 Å². The zero-order valence-electron chi connectivity index (χ0n) is 11.9. The molecule has 0 N–H and O–H groups in total. The van der Waals surface area contributed by atoms with Crippen molar-refractivity contribution in [1.29, 1.82) is 0 Å². The van der Waals surface area contributed by atoms with E-state index in [2.05, 4.69) is 0 Å². The Balaban J connectivity index is 2.14. The van der Waals surface area contributed by atoms with Crippen LogP contribution in [-0.2, 0) is 12.6 Å². The SMILES string of the molecule is O=c1cc(C(F)(F)F)c2c(o1)/C(=C/c1ccc(Cl)cc1)CCC2. The zero-order valence-corrected chi connectivity index (χ0v) is 12.7. The molecule has 6 heteroatoms. The number of alkyl halides is 3. The molecule has 0 radical (unpaired) electrons. The third kappa shape index (κ3) is 3.34. The summed E-state index contributed by atoms with van der Waals surface area (Å²) in [6, 6.07) is 7.44. The third-order valence-corrected chi connectivity index (χ3v) is 4.00. The van der Waals surface area contributed by atoms with Gasteiger partial charge in [0.15, 0.2) is 0 Å². The predicted octanol–water partition coefficient (Wildman–Crippen LogP) is 5.19. The smallest absolute Gasteiger partial charge is 0.417 e. The first kappa shape index (κ1) is 15.9. The van der Waals surface area contributed by atoms with Crippen LogP contribution in [-0.4, -0.2) is 0 Å². The van der Waals surface area contributed by atoms with Crippen molar-refractivity contribution in [2.75, 3.05) is 0 Å². The number of hydrogen-bond acceptors (Lipinski definition) is 2. The van der Waals surface area contributed by atoms with Crippen molar-refractivity contribution in [3.8, 4) is 0 Å². The van der Waals surface area contributed by atoms with Gasteiger partial charge in [0.1, 0.15) is 5.76 Å². The van der Waals surface area contributed by atoms with E-state index >= 15 is 0 Å². The molecule has 1 aliphatic rings. The molecular formula is C17H12ClF3O2. The summed E-state index contributed by atoms with van der Waals surface area (Å²) >= 11 is 5.82. The van der Waals surface area contributed by atoms with Gasteiger partial charge in [0, 0.05) is 16.7 Å². The molecule has 0 saturated carbocycles. The van der Waals surface area contributed by atoms with E-state index in [0.29, 0.717) is 29.5 Å². The van der Waals surface area contributed by atoms with Crippen molar-refractivity contribution in [1.82, 2.24) is 0 Å². The maximum atomic E-state index is 13.1. The molecule has 0 unspecified atom stereocenters. The van der Waals surface area contributed by atoms with Crippen LogP contribution in [0.15, 0.2) is 39.5 Å². The minimum absolute atomic E-state index is 0.0472. The molecule has 1 heterocycles.